The lowest BCUT2D eigenvalue weighted by Crippen LogP contribution is -2.38. The van der Waals surface area contributed by atoms with Gasteiger partial charge >= 0.3 is 0 Å². The molecule has 0 aliphatic carbocycles. The van der Waals surface area contributed by atoms with Crippen LogP contribution in [0.5, 0.6) is 0 Å². The maximum absolute atomic E-state index is 6.44. The molecule has 5 heteroatoms. The van der Waals surface area contributed by atoms with Gasteiger partial charge in [0.05, 0.1) is 19.8 Å². The molecule has 2 aliphatic heterocycles. The Labute approximate surface area is 193 Å². The van der Waals surface area contributed by atoms with Gasteiger partial charge in [0.1, 0.15) is 29.9 Å². The first kappa shape index (κ1) is 21.7. The van der Waals surface area contributed by atoms with Gasteiger partial charge in [-0.15, -0.1) is 0 Å². The van der Waals surface area contributed by atoms with Crippen molar-refractivity contribution in [1.29, 1.82) is 0 Å². The number of epoxide rings is 1. The van der Waals surface area contributed by atoms with Crippen molar-refractivity contribution in [3.05, 3.63) is 102 Å². The molecule has 0 saturated carbocycles. The maximum atomic E-state index is 6.44. The molecule has 0 radical (unpaired) electrons. The van der Waals surface area contributed by atoms with Gasteiger partial charge in [-0.25, -0.2) is 0 Å². The van der Waals surface area contributed by atoms with Crippen LogP contribution in [0.2, 0.25) is 0 Å². The van der Waals surface area contributed by atoms with Crippen molar-refractivity contribution in [3.8, 4) is 0 Å². The molecule has 3 aromatic carbocycles. The first-order valence-electron chi connectivity index (χ1n) is 11.1. The molecule has 3 aromatic rings. The molecule has 0 N–H and O–H groups in total. The fraction of sp³-hybridized carbons (Fsp3) is 0.333. The summed E-state index contributed by atoms with van der Waals surface area (Å²) < 4.78 is 24.8. The number of hydrogen-bond acceptors (Lipinski definition) is 5. The van der Waals surface area contributed by atoms with E-state index in [0.29, 0.717) is 19.8 Å². The normalized spacial score (nSPS) is 24.8. The lowest BCUT2D eigenvalue weighted by atomic mass is 10.1. The van der Waals surface area contributed by atoms with E-state index in [0.717, 1.165) is 11.1 Å². The van der Waals surface area contributed by atoms with E-state index in [4.69, 9.17) is 18.9 Å². The van der Waals surface area contributed by atoms with Crippen molar-refractivity contribution < 1.29 is 18.9 Å². The van der Waals surface area contributed by atoms with Crippen LogP contribution < -0.4 is 0 Å². The number of hydrogen-bond donors (Lipinski definition) is 0. The van der Waals surface area contributed by atoms with Crippen LogP contribution in [0.25, 0.3) is 0 Å². The summed E-state index contributed by atoms with van der Waals surface area (Å²) in [6, 6.07) is 29.0. The van der Waals surface area contributed by atoms with Gasteiger partial charge in [0.25, 0.3) is 0 Å². The monoisotopic (exact) mass is 448 g/mol. The largest absolute Gasteiger partial charge is 0.374 e. The molecule has 0 aromatic heterocycles. The third kappa shape index (κ3) is 5.42. The summed E-state index contributed by atoms with van der Waals surface area (Å²) in [6.07, 6.45) is -0.151. The second kappa shape index (κ2) is 10.2. The van der Waals surface area contributed by atoms with E-state index in [-0.39, 0.29) is 29.9 Å². The van der Waals surface area contributed by atoms with Crippen molar-refractivity contribution in [1.82, 2.24) is 0 Å². The van der Waals surface area contributed by atoms with E-state index in [1.54, 1.807) is 11.8 Å². The maximum Gasteiger partial charge on any atom is 0.137 e. The van der Waals surface area contributed by atoms with Gasteiger partial charge in [-0.05, 0) is 30.2 Å². The molecular weight excluding hydrogens is 420 g/mol. The molecule has 32 heavy (non-hydrogen) atoms. The van der Waals surface area contributed by atoms with E-state index >= 15 is 0 Å². The standard InChI is InChI=1S/C27H28O4S/c1-19-12-14-22(15-13-19)32-27-26-25(30-26)24(31-27)23(29-17-21-10-6-3-7-11-21)18-28-16-20-8-4-2-5-9-20/h2-15,23-27H,16-18H2,1H3/t23-,24+,25-,26-,27+/m1/s1. The first-order chi connectivity index (χ1) is 15.8. The fourth-order valence-electron chi connectivity index (χ4n) is 3.96. The summed E-state index contributed by atoms with van der Waals surface area (Å²) in [6.45, 7) is 3.63. The Morgan fingerprint density at radius 1 is 0.781 bits per heavy atom. The summed E-state index contributed by atoms with van der Waals surface area (Å²) >= 11 is 1.72. The lowest BCUT2D eigenvalue weighted by Gasteiger charge is -2.26. The molecule has 5 atom stereocenters. The molecule has 4 nitrogen and oxygen atoms in total. The zero-order valence-electron chi connectivity index (χ0n) is 18.1. The van der Waals surface area contributed by atoms with Crippen LogP contribution in [-0.2, 0) is 32.2 Å². The zero-order chi connectivity index (χ0) is 21.8. The number of rotatable bonds is 10. The van der Waals surface area contributed by atoms with Crippen LogP contribution in [0.3, 0.4) is 0 Å². The Morgan fingerprint density at radius 3 is 2.12 bits per heavy atom. The Hall–Kier alpha value is -2.15. The van der Waals surface area contributed by atoms with E-state index in [2.05, 4.69) is 55.5 Å². The predicted octanol–water partition coefficient (Wildman–Crippen LogP) is 5.38. The van der Waals surface area contributed by atoms with Crippen LogP contribution in [0.4, 0.5) is 0 Å². The fourth-order valence-corrected chi connectivity index (χ4v) is 5.06. The molecule has 0 amide bonds. The van der Waals surface area contributed by atoms with Crippen LogP contribution >= 0.6 is 11.8 Å². The number of aryl methyl sites for hydroxylation is 1. The number of thioether (sulfide) groups is 1. The van der Waals surface area contributed by atoms with Gasteiger partial charge in [-0.3, -0.25) is 0 Å². The summed E-state index contributed by atoms with van der Waals surface area (Å²) in [7, 11) is 0. The van der Waals surface area contributed by atoms with Crippen molar-refractivity contribution >= 4 is 11.8 Å². The highest BCUT2D eigenvalue weighted by Crippen LogP contribution is 2.47. The highest BCUT2D eigenvalue weighted by molar-refractivity contribution is 7.99. The van der Waals surface area contributed by atoms with Crippen molar-refractivity contribution in [2.24, 2.45) is 0 Å². The first-order valence-corrected chi connectivity index (χ1v) is 12.0. The molecule has 0 bridgehead atoms. The molecule has 166 valence electrons. The van der Waals surface area contributed by atoms with Crippen molar-refractivity contribution in [3.63, 3.8) is 0 Å². The third-order valence-electron chi connectivity index (χ3n) is 5.78. The second-order valence-electron chi connectivity index (χ2n) is 8.30. The molecule has 2 heterocycles. The van der Waals surface area contributed by atoms with E-state index in [1.165, 1.54) is 10.5 Å². The highest BCUT2D eigenvalue weighted by atomic mass is 32.2. The Morgan fingerprint density at radius 2 is 1.44 bits per heavy atom. The smallest absolute Gasteiger partial charge is 0.137 e. The van der Waals surface area contributed by atoms with E-state index in [9.17, 15) is 0 Å². The van der Waals surface area contributed by atoms with Gasteiger partial charge in [0, 0.05) is 4.90 Å². The molecule has 2 aliphatic rings. The van der Waals surface area contributed by atoms with E-state index in [1.807, 2.05) is 36.4 Å². The SMILES string of the molecule is Cc1ccc(S[C@@H]2O[C@@H]([C@@H](COCc3ccccc3)OCc3ccccc3)[C@H]3O[C@H]32)cc1. The van der Waals surface area contributed by atoms with Gasteiger partial charge in [-0.1, -0.05) is 90.1 Å². The van der Waals surface area contributed by atoms with Crippen LogP contribution in [0, 0.1) is 6.92 Å². The summed E-state index contributed by atoms with van der Waals surface area (Å²) in [4.78, 5) is 1.19. The van der Waals surface area contributed by atoms with Crippen LogP contribution in [-0.4, -0.2) is 36.5 Å². The highest BCUT2D eigenvalue weighted by Gasteiger charge is 2.60. The summed E-state index contributed by atoms with van der Waals surface area (Å²) in [5.74, 6) is 0. The van der Waals surface area contributed by atoms with Crippen LogP contribution in [0.1, 0.15) is 16.7 Å². The minimum absolute atomic E-state index is 0.0235. The molecule has 0 unspecified atom stereocenters. The Kier molecular flexibility index (Phi) is 6.91. The molecule has 5 rings (SSSR count). The molecular formula is C27H28O4S. The van der Waals surface area contributed by atoms with E-state index < -0.39 is 0 Å². The Balaban J connectivity index is 1.22. The third-order valence-corrected chi connectivity index (χ3v) is 6.94. The topological polar surface area (TPSA) is 40.2 Å². The van der Waals surface area contributed by atoms with Gasteiger partial charge in [-0.2, -0.15) is 0 Å². The summed E-state index contributed by atoms with van der Waals surface area (Å²) in [5, 5.41) is 0. The number of fused-ring (bicyclic) bond motifs is 1. The van der Waals surface area contributed by atoms with Crippen molar-refractivity contribution in [2.45, 2.75) is 54.9 Å². The van der Waals surface area contributed by atoms with Crippen LogP contribution in [0.15, 0.2) is 89.8 Å². The quantitative estimate of drug-likeness (QED) is 0.389. The van der Waals surface area contributed by atoms with Crippen molar-refractivity contribution in [2.75, 3.05) is 6.61 Å². The average molecular weight is 449 g/mol. The minimum atomic E-state index is -0.197. The van der Waals surface area contributed by atoms with Gasteiger partial charge < -0.3 is 18.9 Å². The van der Waals surface area contributed by atoms with Gasteiger partial charge in [0.15, 0.2) is 0 Å². The predicted molar refractivity (Wildman–Crippen MR) is 125 cm³/mol. The lowest BCUT2D eigenvalue weighted by molar-refractivity contribution is -0.121. The second-order valence-corrected chi connectivity index (χ2v) is 9.47. The average Bonchev–Trinajstić information content (AvgIpc) is 3.55. The zero-order valence-corrected chi connectivity index (χ0v) is 18.9. The minimum Gasteiger partial charge on any atom is -0.374 e. The number of benzene rings is 3. The molecule has 2 fully saturated rings. The summed E-state index contributed by atoms with van der Waals surface area (Å²) in [5.41, 5.74) is 3.52. The number of ether oxygens (including phenoxy) is 4. The molecule has 0 spiro atoms. The van der Waals surface area contributed by atoms with Gasteiger partial charge in [0.2, 0.25) is 0 Å². The molecule has 2 saturated heterocycles. The Bertz CT molecular complexity index is 980.